The third-order valence-electron chi connectivity index (χ3n) is 4.44. The minimum atomic E-state index is -0.773. The standard InChI is InChI=1S/C20H18N4O7/c1-12-2-5-14(10-16(12)24(29)30)21-18(26)11-31-20(28)13-3-6-15(7-4-13)23-19(27)9-8-17(25)22-23/h2-7,10H,8-9,11H2,1H3,(H,21,26)(H,22,25). The summed E-state index contributed by atoms with van der Waals surface area (Å²) in [4.78, 5) is 57.9. The molecule has 1 saturated heterocycles. The Labute approximate surface area is 176 Å². The minimum absolute atomic E-state index is 0.0921. The molecule has 1 aliphatic rings. The highest BCUT2D eigenvalue weighted by Gasteiger charge is 2.24. The molecule has 0 aliphatic carbocycles. The van der Waals surface area contributed by atoms with Gasteiger partial charge in [-0.2, -0.15) is 0 Å². The van der Waals surface area contributed by atoms with Crippen molar-refractivity contribution in [2.45, 2.75) is 19.8 Å². The van der Waals surface area contributed by atoms with Gasteiger partial charge < -0.3 is 10.1 Å². The number of ether oxygens (including phenoxy) is 1. The summed E-state index contributed by atoms with van der Waals surface area (Å²) in [7, 11) is 0. The van der Waals surface area contributed by atoms with Gasteiger partial charge in [0.25, 0.3) is 11.6 Å². The van der Waals surface area contributed by atoms with Gasteiger partial charge in [0.1, 0.15) is 0 Å². The minimum Gasteiger partial charge on any atom is -0.452 e. The number of esters is 1. The largest absolute Gasteiger partial charge is 0.452 e. The summed E-state index contributed by atoms with van der Waals surface area (Å²) in [6, 6.07) is 9.93. The van der Waals surface area contributed by atoms with E-state index in [0.717, 1.165) is 5.01 Å². The Morgan fingerprint density at radius 1 is 1.16 bits per heavy atom. The number of hydrogen-bond donors (Lipinski definition) is 2. The summed E-state index contributed by atoms with van der Waals surface area (Å²) in [6.07, 6.45) is 0.215. The Bertz CT molecular complexity index is 1070. The molecule has 0 bridgehead atoms. The second-order valence-corrected chi connectivity index (χ2v) is 6.69. The van der Waals surface area contributed by atoms with Gasteiger partial charge in [0, 0.05) is 30.2 Å². The third kappa shape index (κ3) is 5.21. The van der Waals surface area contributed by atoms with Gasteiger partial charge in [-0.05, 0) is 37.3 Å². The summed E-state index contributed by atoms with van der Waals surface area (Å²) in [5, 5.41) is 14.5. The molecule has 2 aromatic rings. The number of amides is 3. The van der Waals surface area contributed by atoms with Crippen LogP contribution in [-0.4, -0.2) is 35.2 Å². The van der Waals surface area contributed by atoms with Crippen LogP contribution in [0.15, 0.2) is 42.5 Å². The fraction of sp³-hybridized carbons (Fsp3) is 0.200. The Morgan fingerprint density at radius 3 is 2.55 bits per heavy atom. The predicted molar refractivity (Wildman–Crippen MR) is 108 cm³/mol. The van der Waals surface area contributed by atoms with Crippen LogP contribution >= 0.6 is 0 Å². The van der Waals surface area contributed by atoms with Crippen molar-refractivity contribution in [3.63, 3.8) is 0 Å². The van der Waals surface area contributed by atoms with Crippen molar-refractivity contribution in [3.8, 4) is 0 Å². The van der Waals surface area contributed by atoms with E-state index in [-0.39, 0.29) is 41.6 Å². The molecule has 0 atom stereocenters. The van der Waals surface area contributed by atoms with Crippen LogP contribution in [0.5, 0.6) is 0 Å². The zero-order chi connectivity index (χ0) is 22.5. The monoisotopic (exact) mass is 426 g/mol. The quantitative estimate of drug-likeness (QED) is 0.407. The molecule has 1 aliphatic heterocycles. The molecule has 0 radical (unpaired) electrons. The molecule has 11 nitrogen and oxygen atoms in total. The molecule has 0 spiro atoms. The first-order chi connectivity index (χ1) is 14.7. The van der Waals surface area contributed by atoms with Gasteiger partial charge in [-0.15, -0.1) is 0 Å². The number of hydrogen-bond acceptors (Lipinski definition) is 7. The molecule has 11 heteroatoms. The van der Waals surface area contributed by atoms with E-state index in [1.165, 1.54) is 42.5 Å². The van der Waals surface area contributed by atoms with Crippen molar-refractivity contribution < 1.29 is 28.8 Å². The Kier molecular flexibility index (Phi) is 6.24. The van der Waals surface area contributed by atoms with Crippen molar-refractivity contribution in [2.24, 2.45) is 0 Å². The highest BCUT2D eigenvalue weighted by atomic mass is 16.6. The summed E-state index contributed by atoms with van der Waals surface area (Å²) in [5.41, 5.74) is 3.47. The van der Waals surface area contributed by atoms with Crippen molar-refractivity contribution in [3.05, 3.63) is 63.7 Å². The fourth-order valence-electron chi connectivity index (χ4n) is 2.83. The van der Waals surface area contributed by atoms with E-state index < -0.39 is 23.4 Å². The molecule has 2 N–H and O–H groups in total. The van der Waals surface area contributed by atoms with Crippen LogP contribution in [0.1, 0.15) is 28.8 Å². The van der Waals surface area contributed by atoms with E-state index in [2.05, 4.69) is 10.7 Å². The smallest absolute Gasteiger partial charge is 0.338 e. The fourth-order valence-corrected chi connectivity index (χ4v) is 2.83. The average molecular weight is 426 g/mol. The molecule has 1 heterocycles. The summed E-state index contributed by atoms with van der Waals surface area (Å²) in [5.74, 6) is -1.99. The summed E-state index contributed by atoms with van der Waals surface area (Å²) < 4.78 is 4.95. The number of nitrogens with one attached hydrogen (secondary N) is 2. The second kappa shape index (κ2) is 9.03. The van der Waals surface area contributed by atoms with Crippen molar-refractivity contribution in [1.29, 1.82) is 0 Å². The lowest BCUT2D eigenvalue weighted by atomic mass is 10.2. The molecule has 160 valence electrons. The maximum absolute atomic E-state index is 12.2. The van der Waals surface area contributed by atoms with Gasteiger partial charge in [-0.25, -0.2) is 9.80 Å². The van der Waals surface area contributed by atoms with Gasteiger partial charge >= 0.3 is 5.97 Å². The number of carbonyl (C=O) groups is 4. The van der Waals surface area contributed by atoms with Crippen LogP contribution in [0.4, 0.5) is 17.1 Å². The number of nitro groups is 1. The van der Waals surface area contributed by atoms with E-state index in [0.29, 0.717) is 11.3 Å². The first-order valence-electron chi connectivity index (χ1n) is 9.19. The highest BCUT2D eigenvalue weighted by molar-refractivity contribution is 6.01. The summed E-state index contributed by atoms with van der Waals surface area (Å²) >= 11 is 0. The van der Waals surface area contributed by atoms with Crippen LogP contribution in [0.2, 0.25) is 0 Å². The number of rotatable bonds is 6. The lowest BCUT2D eigenvalue weighted by Gasteiger charge is -2.27. The van der Waals surface area contributed by atoms with Crippen LogP contribution < -0.4 is 15.8 Å². The zero-order valence-electron chi connectivity index (χ0n) is 16.4. The first kappa shape index (κ1) is 21.4. The maximum atomic E-state index is 12.2. The van der Waals surface area contributed by atoms with E-state index in [1.807, 2.05) is 0 Å². The number of anilines is 2. The number of nitrogens with zero attached hydrogens (tertiary/aromatic N) is 2. The van der Waals surface area contributed by atoms with Crippen LogP contribution in [0.25, 0.3) is 0 Å². The maximum Gasteiger partial charge on any atom is 0.338 e. The van der Waals surface area contributed by atoms with Gasteiger partial charge in [-0.1, -0.05) is 6.07 Å². The first-order valence-corrected chi connectivity index (χ1v) is 9.19. The lowest BCUT2D eigenvalue weighted by Crippen LogP contribution is -2.50. The molecule has 0 aromatic heterocycles. The van der Waals surface area contributed by atoms with E-state index >= 15 is 0 Å². The number of aryl methyl sites for hydroxylation is 1. The molecule has 2 aromatic carbocycles. The third-order valence-corrected chi connectivity index (χ3v) is 4.44. The lowest BCUT2D eigenvalue weighted by molar-refractivity contribution is -0.385. The van der Waals surface area contributed by atoms with Crippen LogP contribution in [0, 0.1) is 17.0 Å². The molecule has 3 rings (SSSR count). The van der Waals surface area contributed by atoms with Crippen LogP contribution in [0.3, 0.4) is 0 Å². The molecule has 3 amide bonds. The van der Waals surface area contributed by atoms with Crippen molar-refractivity contribution in [2.75, 3.05) is 16.9 Å². The number of nitro benzene ring substituents is 1. The predicted octanol–water partition coefficient (Wildman–Crippen LogP) is 1.86. The van der Waals surface area contributed by atoms with Gasteiger partial charge in [0.15, 0.2) is 6.61 Å². The van der Waals surface area contributed by atoms with Gasteiger partial charge in [0.2, 0.25) is 11.8 Å². The SMILES string of the molecule is Cc1ccc(NC(=O)COC(=O)c2ccc(N3NC(=O)CCC3=O)cc2)cc1[N+](=O)[O-]. The Hall–Kier alpha value is -4.28. The summed E-state index contributed by atoms with van der Waals surface area (Å²) in [6.45, 7) is 0.981. The molecule has 0 saturated carbocycles. The normalized spacial score (nSPS) is 13.4. The van der Waals surface area contributed by atoms with E-state index in [4.69, 9.17) is 4.74 Å². The number of hydrazine groups is 1. The molecular formula is C20H18N4O7. The van der Waals surface area contributed by atoms with E-state index in [1.54, 1.807) is 6.92 Å². The van der Waals surface area contributed by atoms with Crippen molar-refractivity contribution in [1.82, 2.24) is 5.43 Å². The number of carbonyl (C=O) groups excluding carboxylic acids is 4. The highest BCUT2D eigenvalue weighted by Crippen LogP contribution is 2.22. The van der Waals surface area contributed by atoms with E-state index in [9.17, 15) is 29.3 Å². The number of benzene rings is 2. The Morgan fingerprint density at radius 2 is 1.87 bits per heavy atom. The van der Waals surface area contributed by atoms with Gasteiger partial charge in [-0.3, -0.25) is 29.9 Å². The van der Waals surface area contributed by atoms with Gasteiger partial charge in [0.05, 0.1) is 16.2 Å². The van der Waals surface area contributed by atoms with Crippen LogP contribution in [-0.2, 0) is 19.1 Å². The second-order valence-electron chi connectivity index (χ2n) is 6.69. The van der Waals surface area contributed by atoms with Crippen molar-refractivity contribution >= 4 is 40.8 Å². The molecular weight excluding hydrogens is 408 g/mol. The zero-order valence-corrected chi connectivity index (χ0v) is 16.4. The molecule has 1 fully saturated rings. The molecule has 31 heavy (non-hydrogen) atoms. The average Bonchev–Trinajstić information content (AvgIpc) is 2.75. The topological polar surface area (TPSA) is 148 Å². The molecule has 0 unspecified atom stereocenters. The Balaban J connectivity index is 1.56.